The van der Waals surface area contributed by atoms with E-state index in [1.165, 1.54) is 0 Å². The lowest BCUT2D eigenvalue weighted by molar-refractivity contribution is -0.118. The quantitative estimate of drug-likeness (QED) is 0.678. The van der Waals surface area contributed by atoms with Gasteiger partial charge in [-0.2, -0.15) is 0 Å². The zero-order valence-electron chi connectivity index (χ0n) is 15.1. The van der Waals surface area contributed by atoms with E-state index in [-0.39, 0.29) is 17.6 Å². The average Bonchev–Trinajstić information content (AvgIpc) is 2.94. The van der Waals surface area contributed by atoms with Crippen LogP contribution in [0.4, 0.5) is 5.69 Å². The van der Waals surface area contributed by atoms with Crippen molar-refractivity contribution in [1.29, 1.82) is 0 Å². The van der Waals surface area contributed by atoms with Crippen molar-refractivity contribution >= 4 is 22.7 Å². The van der Waals surface area contributed by atoms with E-state index in [0.29, 0.717) is 28.3 Å². The maximum absolute atomic E-state index is 12.0. The van der Waals surface area contributed by atoms with Crippen molar-refractivity contribution in [2.45, 2.75) is 34.6 Å². The Morgan fingerprint density at radius 1 is 1.12 bits per heavy atom. The van der Waals surface area contributed by atoms with Gasteiger partial charge in [0.15, 0.2) is 5.58 Å². The standard InChI is InChI=1S/C20H22N2O3/c1-10(2)19(24)21-14-8-12(4)17(23)15(9-14)20-22-16-7-11(3)6-13(5)18(16)25-20/h6-10,23H,1-5H3,(H,21,24). The lowest BCUT2D eigenvalue weighted by Gasteiger charge is -2.11. The van der Waals surface area contributed by atoms with E-state index in [9.17, 15) is 9.90 Å². The second-order valence-corrected chi connectivity index (χ2v) is 6.78. The number of rotatable bonds is 3. The number of aryl methyl sites for hydroxylation is 3. The van der Waals surface area contributed by atoms with Gasteiger partial charge in [0, 0.05) is 11.6 Å². The monoisotopic (exact) mass is 338 g/mol. The van der Waals surface area contributed by atoms with E-state index in [2.05, 4.69) is 10.3 Å². The molecule has 0 aliphatic carbocycles. The average molecular weight is 338 g/mol. The number of phenolic OH excluding ortho intramolecular Hbond substituents is 1. The number of nitrogens with one attached hydrogen (secondary N) is 1. The lowest BCUT2D eigenvalue weighted by Crippen LogP contribution is -2.17. The first kappa shape index (κ1) is 17.0. The molecule has 3 rings (SSSR count). The van der Waals surface area contributed by atoms with E-state index in [1.807, 2.05) is 39.8 Å². The number of carbonyl (C=O) groups is 1. The SMILES string of the molecule is Cc1cc(C)c2oc(-c3cc(NC(=O)C(C)C)cc(C)c3O)nc2c1. The van der Waals surface area contributed by atoms with Crippen LogP contribution in [0, 0.1) is 26.7 Å². The Labute approximate surface area is 146 Å². The second-order valence-electron chi connectivity index (χ2n) is 6.78. The third-order valence-corrected chi connectivity index (χ3v) is 4.14. The third-order valence-electron chi connectivity index (χ3n) is 4.14. The molecule has 0 aliphatic rings. The maximum atomic E-state index is 12.0. The van der Waals surface area contributed by atoms with E-state index in [0.717, 1.165) is 16.6 Å². The molecule has 25 heavy (non-hydrogen) atoms. The van der Waals surface area contributed by atoms with Crippen LogP contribution in [0.15, 0.2) is 28.7 Å². The molecule has 0 fully saturated rings. The Kier molecular flexibility index (Phi) is 4.25. The molecule has 1 amide bonds. The van der Waals surface area contributed by atoms with Gasteiger partial charge in [-0.05, 0) is 55.7 Å². The van der Waals surface area contributed by atoms with Crippen LogP contribution in [-0.4, -0.2) is 16.0 Å². The van der Waals surface area contributed by atoms with E-state index < -0.39 is 0 Å². The van der Waals surface area contributed by atoms with Gasteiger partial charge in [0.1, 0.15) is 11.3 Å². The number of hydrogen-bond donors (Lipinski definition) is 2. The Hall–Kier alpha value is -2.82. The molecular formula is C20H22N2O3. The van der Waals surface area contributed by atoms with E-state index in [4.69, 9.17) is 4.42 Å². The molecule has 0 saturated heterocycles. The Bertz CT molecular complexity index is 971. The van der Waals surface area contributed by atoms with Gasteiger partial charge in [0.25, 0.3) is 0 Å². The summed E-state index contributed by atoms with van der Waals surface area (Å²) in [6, 6.07) is 7.40. The van der Waals surface area contributed by atoms with Crippen molar-refractivity contribution in [1.82, 2.24) is 4.98 Å². The molecule has 0 unspecified atom stereocenters. The minimum absolute atomic E-state index is 0.0833. The molecule has 2 N–H and O–H groups in total. The summed E-state index contributed by atoms with van der Waals surface area (Å²) < 4.78 is 5.90. The van der Waals surface area contributed by atoms with Gasteiger partial charge in [-0.15, -0.1) is 0 Å². The summed E-state index contributed by atoms with van der Waals surface area (Å²) in [6.07, 6.45) is 0. The van der Waals surface area contributed by atoms with Crippen LogP contribution in [0.2, 0.25) is 0 Å². The molecule has 0 radical (unpaired) electrons. The summed E-state index contributed by atoms with van der Waals surface area (Å²) in [6.45, 7) is 9.41. The molecule has 5 nitrogen and oxygen atoms in total. The highest BCUT2D eigenvalue weighted by molar-refractivity contribution is 5.93. The van der Waals surface area contributed by atoms with Gasteiger partial charge in [-0.3, -0.25) is 4.79 Å². The molecule has 2 aromatic carbocycles. The number of aromatic nitrogens is 1. The van der Waals surface area contributed by atoms with Crippen LogP contribution >= 0.6 is 0 Å². The summed E-state index contributed by atoms with van der Waals surface area (Å²) in [5.41, 5.74) is 5.27. The summed E-state index contributed by atoms with van der Waals surface area (Å²) in [4.78, 5) is 16.5. The number of fused-ring (bicyclic) bond motifs is 1. The van der Waals surface area contributed by atoms with E-state index in [1.54, 1.807) is 19.1 Å². The molecule has 130 valence electrons. The minimum atomic E-state index is -0.132. The largest absolute Gasteiger partial charge is 0.507 e. The van der Waals surface area contributed by atoms with Gasteiger partial charge in [-0.1, -0.05) is 19.9 Å². The number of aromatic hydroxyl groups is 1. The predicted octanol–water partition coefficient (Wildman–Crippen LogP) is 4.72. The molecule has 1 heterocycles. The van der Waals surface area contributed by atoms with Crippen LogP contribution in [0.25, 0.3) is 22.6 Å². The predicted molar refractivity (Wildman–Crippen MR) is 98.8 cm³/mol. The van der Waals surface area contributed by atoms with Crippen molar-refractivity contribution in [3.8, 4) is 17.2 Å². The Morgan fingerprint density at radius 3 is 2.52 bits per heavy atom. The van der Waals surface area contributed by atoms with Crippen molar-refractivity contribution in [2.75, 3.05) is 5.32 Å². The molecule has 3 aromatic rings. The zero-order valence-corrected chi connectivity index (χ0v) is 15.1. The first-order chi connectivity index (χ1) is 11.8. The Balaban J connectivity index is 2.11. The smallest absolute Gasteiger partial charge is 0.231 e. The zero-order chi connectivity index (χ0) is 18.3. The summed E-state index contributed by atoms with van der Waals surface area (Å²) in [5, 5.41) is 13.3. The topological polar surface area (TPSA) is 75.4 Å². The second kappa shape index (κ2) is 6.24. The van der Waals surface area contributed by atoms with Crippen LogP contribution < -0.4 is 5.32 Å². The summed E-state index contributed by atoms with van der Waals surface area (Å²) in [5.74, 6) is 0.223. The molecule has 5 heteroatoms. The van der Waals surface area contributed by atoms with Gasteiger partial charge >= 0.3 is 0 Å². The first-order valence-electron chi connectivity index (χ1n) is 8.29. The van der Waals surface area contributed by atoms with Gasteiger partial charge in [-0.25, -0.2) is 4.98 Å². The molecular weight excluding hydrogens is 316 g/mol. The first-order valence-corrected chi connectivity index (χ1v) is 8.29. The third kappa shape index (κ3) is 3.22. The molecule has 0 spiro atoms. The molecule has 0 saturated carbocycles. The molecule has 1 aromatic heterocycles. The fourth-order valence-corrected chi connectivity index (χ4v) is 2.79. The number of anilines is 1. The fourth-order valence-electron chi connectivity index (χ4n) is 2.79. The molecule has 0 atom stereocenters. The van der Waals surface area contributed by atoms with Crippen LogP contribution in [0.3, 0.4) is 0 Å². The highest BCUT2D eigenvalue weighted by Crippen LogP contribution is 2.36. The van der Waals surface area contributed by atoms with Crippen molar-refractivity contribution < 1.29 is 14.3 Å². The number of benzene rings is 2. The number of carbonyl (C=O) groups excluding carboxylic acids is 1. The van der Waals surface area contributed by atoms with Gasteiger partial charge in [0.2, 0.25) is 11.8 Å². The summed E-state index contributed by atoms with van der Waals surface area (Å²) >= 11 is 0. The molecule has 0 bridgehead atoms. The van der Waals surface area contributed by atoms with Crippen LogP contribution in [0.1, 0.15) is 30.5 Å². The lowest BCUT2D eigenvalue weighted by atomic mass is 10.1. The van der Waals surface area contributed by atoms with E-state index >= 15 is 0 Å². The number of oxazole rings is 1. The number of phenols is 1. The van der Waals surface area contributed by atoms with Crippen molar-refractivity contribution in [3.63, 3.8) is 0 Å². The van der Waals surface area contributed by atoms with Crippen molar-refractivity contribution in [2.24, 2.45) is 5.92 Å². The highest BCUT2D eigenvalue weighted by Gasteiger charge is 2.18. The fraction of sp³-hybridized carbons (Fsp3) is 0.300. The number of amides is 1. The highest BCUT2D eigenvalue weighted by atomic mass is 16.3. The van der Waals surface area contributed by atoms with Crippen molar-refractivity contribution in [3.05, 3.63) is 41.0 Å². The Morgan fingerprint density at radius 2 is 1.84 bits per heavy atom. The molecule has 0 aliphatic heterocycles. The van der Waals surface area contributed by atoms with Gasteiger partial charge < -0.3 is 14.8 Å². The maximum Gasteiger partial charge on any atom is 0.231 e. The minimum Gasteiger partial charge on any atom is -0.507 e. The normalized spacial score (nSPS) is 11.3. The van der Waals surface area contributed by atoms with Crippen LogP contribution in [-0.2, 0) is 4.79 Å². The van der Waals surface area contributed by atoms with Crippen LogP contribution in [0.5, 0.6) is 5.75 Å². The summed E-state index contributed by atoms with van der Waals surface area (Å²) in [7, 11) is 0. The number of nitrogens with zero attached hydrogens (tertiary/aromatic N) is 1. The number of hydrogen-bond acceptors (Lipinski definition) is 4. The van der Waals surface area contributed by atoms with Gasteiger partial charge in [0.05, 0.1) is 5.56 Å².